The van der Waals surface area contributed by atoms with E-state index in [1.807, 2.05) is 30.3 Å². The van der Waals surface area contributed by atoms with E-state index in [9.17, 15) is 22.8 Å². The Morgan fingerprint density at radius 1 is 1.15 bits per heavy atom. The maximum atomic E-state index is 13.4. The first kappa shape index (κ1) is 23.1. The van der Waals surface area contributed by atoms with Crippen molar-refractivity contribution in [1.82, 2.24) is 5.32 Å². The van der Waals surface area contributed by atoms with Gasteiger partial charge < -0.3 is 20.1 Å². The average molecular weight is 462 g/mol. The fourth-order valence-corrected chi connectivity index (χ4v) is 4.55. The molecule has 1 saturated heterocycles. The number of esters is 1. The Balaban J connectivity index is 1.59. The van der Waals surface area contributed by atoms with Gasteiger partial charge in [0.05, 0.1) is 30.4 Å². The molecule has 0 aliphatic carbocycles. The first-order valence-electron chi connectivity index (χ1n) is 10.9. The molecule has 1 amide bonds. The third-order valence-corrected chi connectivity index (χ3v) is 6.08. The van der Waals surface area contributed by atoms with Crippen LogP contribution in [0.3, 0.4) is 0 Å². The summed E-state index contributed by atoms with van der Waals surface area (Å²) in [6.07, 6.45) is -4.24. The molecule has 6 nitrogen and oxygen atoms in total. The Kier molecular flexibility index (Phi) is 6.60. The van der Waals surface area contributed by atoms with E-state index in [-0.39, 0.29) is 25.1 Å². The van der Waals surface area contributed by atoms with Crippen LogP contribution in [0.4, 0.5) is 18.9 Å². The number of nitrogens with one attached hydrogen (secondary N) is 2. The molecule has 1 unspecified atom stereocenters. The zero-order valence-electron chi connectivity index (χ0n) is 18.0. The minimum Gasteiger partial charge on any atom is -0.459 e. The molecule has 9 heteroatoms. The number of amides is 1. The molecular formula is C24H25F3N2O4. The zero-order chi connectivity index (χ0) is 23.6. The summed E-state index contributed by atoms with van der Waals surface area (Å²) in [5, 5.41) is 5.91. The highest BCUT2D eigenvalue weighted by atomic mass is 19.4. The SMILES string of the molecule is CCOC(=O)C(=O)NC[C@H]1CCC2[C@H](O1)c1cc(C(F)(F)F)ccc1N[C@H]2c1ccccc1. The summed E-state index contributed by atoms with van der Waals surface area (Å²) < 4.78 is 51.1. The molecule has 2 aromatic rings. The Bertz CT molecular complexity index is 1010. The lowest BCUT2D eigenvalue weighted by Crippen LogP contribution is -2.44. The van der Waals surface area contributed by atoms with Crippen molar-refractivity contribution in [2.75, 3.05) is 18.5 Å². The fourth-order valence-electron chi connectivity index (χ4n) is 4.55. The molecule has 0 aromatic heterocycles. The molecule has 2 heterocycles. The molecule has 4 rings (SSSR count). The largest absolute Gasteiger partial charge is 0.459 e. The van der Waals surface area contributed by atoms with Gasteiger partial charge in [0, 0.05) is 23.7 Å². The molecule has 2 aliphatic heterocycles. The second-order valence-electron chi connectivity index (χ2n) is 8.18. The number of hydrogen-bond acceptors (Lipinski definition) is 5. The molecule has 0 saturated carbocycles. The normalized spacial score (nSPS) is 24.1. The third-order valence-electron chi connectivity index (χ3n) is 6.08. The van der Waals surface area contributed by atoms with Crippen molar-refractivity contribution in [3.8, 4) is 0 Å². The van der Waals surface area contributed by atoms with E-state index in [2.05, 4.69) is 15.4 Å². The monoisotopic (exact) mass is 462 g/mol. The van der Waals surface area contributed by atoms with Gasteiger partial charge in [-0.1, -0.05) is 30.3 Å². The van der Waals surface area contributed by atoms with Gasteiger partial charge in [-0.15, -0.1) is 0 Å². The molecule has 33 heavy (non-hydrogen) atoms. The number of rotatable bonds is 4. The number of fused-ring (bicyclic) bond motifs is 3. The highest BCUT2D eigenvalue weighted by Crippen LogP contribution is 2.51. The van der Waals surface area contributed by atoms with Crippen LogP contribution in [0.15, 0.2) is 48.5 Å². The van der Waals surface area contributed by atoms with Crippen LogP contribution >= 0.6 is 0 Å². The number of carbonyl (C=O) groups is 2. The topological polar surface area (TPSA) is 76.7 Å². The van der Waals surface area contributed by atoms with E-state index < -0.39 is 35.8 Å². The first-order valence-corrected chi connectivity index (χ1v) is 10.9. The van der Waals surface area contributed by atoms with Gasteiger partial charge in [-0.25, -0.2) is 4.79 Å². The van der Waals surface area contributed by atoms with Crippen LogP contribution in [-0.4, -0.2) is 31.1 Å². The van der Waals surface area contributed by atoms with E-state index in [1.54, 1.807) is 6.92 Å². The summed E-state index contributed by atoms with van der Waals surface area (Å²) in [6.45, 7) is 1.75. The Labute approximate surface area is 189 Å². The summed E-state index contributed by atoms with van der Waals surface area (Å²) in [5.74, 6) is -1.94. The minimum absolute atomic E-state index is 0.0681. The Hall–Kier alpha value is -3.07. The molecule has 176 valence electrons. The second kappa shape index (κ2) is 9.43. The molecule has 0 radical (unpaired) electrons. The number of anilines is 1. The maximum absolute atomic E-state index is 13.4. The van der Waals surface area contributed by atoms with Gasteiger partial charge in [0.1, 0.15) is 0 Å². The average Bonchev–Trinajstić information content (AvgIpc) is 2.81. The number of alkyl halides is 3. The van der Waals surface area contributed by atoms with Gasteiger partial charge in [0.15, 0.2) is 0 Å². The molecule has 2 N–H and O–H groups in total. The van der Waals surface area contributed by atoms with Gasteiger partial charge in [0.25, 0.3) is 0 Å². The standard InChI is InChI=1S/C24H25F3N2O4/c1-2-32-23(31)22(30)28-13-16-9-10-17-20(14-6-4-3-5-7-14)29-19-11-8-15(24(25,26)27)12-18(19)21(17)33-16/h3-8,11-12,16-17,20-21,29H,2,9-10,13H2,1H3,(H,28,30)/t16-,17?,20+,21+/m1/s1. The van der Waals surface area contributed by atoms with Crippen LogP contribution in [0.25, 0.3) is 0 Å². The summed E-state index contributed by atoms with van der Waals surface area (Å²) in [5.41, 5.74) is 1.33. The van der Waals surface area contributed by atoms with Gasteiger partial charge >= 0.3 is 18.1 Å². The lowest BCUT2D eigenvalue weighted by Gasteiger charge is -2.46. The van der Waals surface area contributed by atoms with E-state index in [0.29, 0.717) is 24.1 Å². The van der Waals surface area contributed by atoms with Crippen LogP contribution in [0.2, 0.25) is 0 Å². The van der Waals surface area contributed by atoms with Gasteiger partial charge in [0.2, 0.25) is 0 Å². The summed E-state index contributed by atoms with van der Waals surface area (Å²) in [7, 11) is 0. The van der Waals surface area contributed by atoms with Crippen molar-refractivity contribution >= 4 is 17.6 Å². The van der Waals surface area contributed by atoms with Gasteiger partial charge in [-0.2, -0.15) is 13.2 Å². The molecule has 0 bridgehead atoms. The number of halogens is 3. The van der Waals surface area contributed by atoms with Gasteiger partial charge in [-0.05, 0) is 43.5 Å². The first-order chi connectivity index (χ1) is 15.8. The molecule has 1 fully saturated rings. The second-order valence-corrected chi connectivity index (χ2v) is 8.18. The lowest BCUT2D eigenvalue weighted by molar-refractivity contribution is -0.155. The molecule has 4 atom stereocenters. The summed E-state index contributed by atoms with van der Waals surface area (Å²) >= 11 is 0. The van der Waals surface area contributed by atoms with Crippen LogP contribution in [-0.2, 0) is 25.2 Å². The van der Waals surface area contributed by atoms with Crippen LogP contribution in [0.5, 0.6) is 0 Å². The third kappa shape index (κ3) is 4.98. The van der Waals surface area contributed by atoms with Crippen molar-refractivity contribution < 1.29 is 32.2 Å². The molecule has 0 spiro atoms. The maximum Gasteiger partial charge on any atom is 0.416 e. The van der Waals surface area contributed by atoms with Crippen LogP contribution < -0.4 is 10.6 Å². The van der Waals surface area contributed by atoms with E-state index >= 15 is 0 Å². The summed E-state index contributed by atoms with van der Waals surface area (Å²) in [6, 6.07) is 13.2. The highest BCUT2D eigenvalue weighted by molar-refractivity contribution is 6.32. The molecule has 2 aromatic carbocycles. The molecule has 2 aliphatic rings. The molecular weight excluding hydrogens is 437 g/mol. The van der Waals surface area contributed by atoms with Gasteiger partial charge in [-0.3, -0.25) is 4.79 Å². The van der Waals surface area contributed by atoms with Crippen molar-refractivity contribution in [2.24, 2.45) is 5.92 Å². The van der Waals surface area contributed by atoms with Crippen molar-refractivity contribution in [3.63, 3.8) is 0 Å². The lowest BCUT2D eigenvalue weighted by atomic mass is 9.76. The van der Waals surface area contributed by atoms with Crippen LogP contribution in [0, 0.1) is 5.92 Å². The van der Waals surface area contributed by atoms with Crippen LogP contribution in [0.1, 0.15) is 48.6 Å². The van der Waals surface area contributed by atoms with Crippen molar-refractivity contribution in [3.05, 3.63) is 65.2 Å². The van der Waals surface area contributed by atoms with Crippen molar-refractivity contribution in [1.29, 1.82) is 0 Å². The summed E-state index contributed by atoms with van der Waals surface area (Å²) in [4.78, 5) is 23.4. The number of benzene rings is 2. The predicted molar refractivity (Wildman–Crippen MR) is 114 cm³/mol. The van der Waals surface area contributed by atoms with Crippen molar-refractivity contribution in [2.45, 2.75) is 44.2 Å². The number of carbonyl (C=O) groups excluding carboxylic acids is 2. The fraction of sp³-hybridized carbons (Fsp3) is 0.417. The Morgan fingerprint density at radius 2 is 1.91 bits per heavy atom. The minimum atomic E-state index is -4.47. The predicted octanol–water partition coefficient (Wildman–Crippen LogP) is 4.39. The zero-order valence-corrected chi connectivity index (χ0v) is 18.0. The highest BCUT2D eigenvalue weighted by Gasteiger charge is 2.43. The number of hydrogen-bond donors (Lipinski definition) is 2. The number of ether oxygens (including phenoxy) is 2. The Morgan fingerprint density at radius 3 is 2.61 bits per heavy atom. The van der Waals surface area contributed by atoms with E-state index in [1.165, 1.54) is 6.07 Å². The van der Waals surface area contributed by atoms with E-state index in [4.69, 9.17) is 4.74 Å². The smallest absolute Gasteiger partial charge is 0.416 e. The quantitative estimate of drug-likeness (QED) is 0.521. The van der Waals surface area contributed by atoms with E-state index in [0.717, 1.165) is 17.7 Å².